The van der Waals surface area contributed by atoms with E-state index in [2.05, 4.69) is 20.1 Å². The molecule has 0 bridgehead atoms. The molecule has 18 heavy (non-hydrogen) atoms. The number of aromatic nitrogens is 4. The first-order valence-electron chi connectivity index (χ1n) is 5.78. The average Bonchev–Trinajstić information content (AvgIpc) is 2.90. The fourth-order valence-corrected chi connectivity index (χ4v) is 1.92. The van der Waals surface area contributed by atoms with Crippen molar-refractivity contribution in [3.8, 4) is 11.5 Å². The molecule has 1 aliphatic heterocycles. The quantitative estimate of drug-likeness (QED) is 0.817. The molecule has 7 heteroatoms. The Morgan fingerprint density at radius 2 is 2.33 bits per heavy atom. The molecule has 2 aromatic rings. The molecular weight excluding hydrogens is 234 g/mol. The monoisotopic (exact) mass is 247 g/mol. The van der Waals surface area contributed by atoms with Crippen molar-refractivity contribution in [2.75, 3.05) is 13.2 Å². The Labute approximate surface area is 103 Å². The first-order valence-corrected chi connectivity index (χ1v) is 5.78. The molecule has 2 unspecified atom stereocenters. The van der Waals surface area contributed by atoms with Crippen molar-refractivity contribution < 1.29 is 9.26 Å². The summed E-state index contributed by atoms with van der Waals surface area (Å²) >= 11 is 0. The van der Waals surface area contributed by atoms with Crippen molar-refractivity contribution in [3.63, 3.8) is 0 Å². The summed E-state index contributed by atoms with van der Waals surface area (Å²) in [5.41, 5.74) is 6.66. The van der Waals surface area contributed by atoms with Gasteiger partial charge in [0, 0.05) is 18.8 Å². The lowest BCUT2D eigenvalue weighted by molar-refractivity contribution is 0.0590. The third-order valence-electron chi connectivity index (χ3n) is 2.98. The maximum Gasteiger partial charge on any atom is 0.234 e. The zero-order valence-corrected chi connectivity index (χ0v) is 9.69. The van der Waals surface area contributed by atoms with Crippen LogP contribution in [0.25, 0.3) is 11.5 Å². The standard InChI is InChI=1S/C11H13N5O2/c12-8-2-4-17-5-7(8)11-15-10(16-18-11)9-1-3-13-6-14-9/h1,3,6-8H,2,4-5,12H2. The largest absolute Gasteiger partial charge is 0.381 e. The van der Waals surface area contributed by atoms with Gasteiger partial charge < -0.3 is 15.0 Å². The SMILES string of the molecule is NC1CCOCC1c1nc(-c2ccncn2)no1. The van der Waals surface area contributed by atoms with Crippen molar-refractivity contribution in [3.05, 3.63) is 24.5 Å². The molecule has 1 aliphatic rings. The van der Waals surface area contributed by atoms with Crippen LogP contribution >= 0.6 is 0 Å². The molecule has 2 N–H and O–H groups in total. The van der Waals surface area contributed by atoms with Crippen molar-refractivity contribution in [2.45, 2.75) is 18.4 Å². The van der Waals surface area contributed by atoms with E-state index in [0.717, 1.165) is 6.42 Å². The molecule has 0 saturated carbocycles. The van der Waals surface area contributed by atoms with Crippen molar-refractivity contribution >= 4 is 0 Å². The number of nitrogens with two attached hydrogens (primary N) is 1. The minimum atomic E-state index is -0.0400. The van der Waals surface area contributed by atoms with E-state index in [-0.39, 0.29) is 12.0 Å². The van der Waals surface area contributed by atoms with E-state index >= 15 is 0 Å². The Balaban J connectivity index is 1.85. The highest BCUT2D eigenvalue weighted by atomic mass is 16.5. The zero-order valence-electron chi connectivity index (χ0n) is 9.69. The number of nitrogens with zero attached hydrogens (tertiary/aromatic N) is 4. The lowest BCUT2D eigenvalue weighted by atomic mass is 9.97. The molecule has 2 atom stereocenters. The Bertz CT molecular complexity index is 515. The molecule has 0 amide bonds. The molecule has 1 fully saturated rings. The van der Waals surface area contributed by atoms with Crippen LogP contribution in [0.2, 0.25) is 0 Å². The molecule has 3 heterocycles. The van der Waals surface area contributed by atoms with Crippen LogP contribution in [0.3, 0.4) is 0 Å². The van der Waals surface area contributed by atoms with Crippen molar-refractivity contribution in [1.29, 1.82) is 0 Å². The predicted molar refractivity (Wildman–Crippen MR) is 61.5 cm³/mol. The summed E-state index contributed by atoms with van der Waals surface area (Å²) in [6.07, 6.45) is 3.88. The number of ether oxygens (including phenoxy) is 1. The highest BCUT2D eigenvalue weighted by molar-refractivity contribution is 5.46. The second-order valence-corrected chi connectivity index (χ2v) is 4.18. The summed E-state index contributed by atoms with van der Waals surface area (Å²) < 4.78 is 10.6. The Hall–Kier alpha value is -1.86. The van der Waals surface area contributed by atoms with Gasteiger partial charge in [0.15, 0.2) is 0 Å². The van der Waals surface area contributed by atoms with Gasteiger partial charge in [-0.05, 0) is 12.5 Å². The third kappa shape index (κ3) is 2.09. The molecule has 1 saturated heterocycles. The second-order valence-electron chi connectivity index (χ2n) is 4.18. The first-order chi connectivity index (χ1) is 8.84. The normalized spacial score (nSPS) is 24.1. The van der Waals surface area contributed by atoms with E-state index < -0.39 is 0 Å². The van der Waals surface area contributed by atoms with Gasteiger partial charge in [-0.2, -0.15) is 4.98 Å². The van der Waals surface area contributed by atoms with Gasteiger partial charge in [-0.1, -0.05) is 5.16 Å². The van der Waals surface area contributed by atoms with Gasteiger partial charge in [0.1, 0.15) is 12.0 Å². The van der Waals surface area contributed by atoms with Crippen LogP contribution in [-0.2, 0) is 4.74 Å². The van der Waals surface area contributed by atoms with Gasteiger partial charge in [-0.3, -0.25) is 0 Å². The van der Waals surface area contributed by atoms with Gasteiger partial charge >= 0.3 is 0 Å². The molecule has 0 spiro atoms. The molecule has 2 aromatic heterocycles. The lowest BCUT2D eigenvalue weighted by Gasteiger charge is -2.25. The topological polar surface area (TPSA) is 100.0 Å². The van der Waals surface area contributed by atoms with Gasteiger partial charge in [-0.15, -0.1) is 0 Å². The fraction of sp³-hybridized carbons (Fsp3) is 0.455. The summed E-state index contributed by atoms with van der Waals surface area (Å²) in [5, 5.41) is 3.91. The molecule has 0 radical (unpaired) electrons. The number of rotatable bonds is 2. The summed E-state index contributed by atoms with van der Waals surface area (Å²) in [4.78, 5) is 12.2. The van der Waals surface area contributed by atoms with Crippen LogP contribution in [0, 0.1) is 0 Å². The van der Waals surface area contributed by atoms with Gasteiger partial charge in [0.2, 0.25) is 11.7 Å². The minimum absolute atomic E-state index is 0.00236. The van der Waals surface area contributed by atoms with Crippen LogP contribution in [-0.4, -0.2) is 39.4 Å². The van der Waals surface area contributed by atoms with Crippen LogP contribution in [0.1, 0.15) is 18.2 Å². The van der Waals surface area contributed by atoms with E-state index in [0.29, 0.717) is 30.6 Å². The van der Waals surface area contributed by atoms with Crippen molar-refractivity contribution in [1.82, 2.24) is 20.1 Å². The molecular formula is C11H13N5O2. The summed E-state index contributed by atoms with van der Waals surface area (Å²) in [5.74, 6) is 0.919. The van der Waals surface area contributed by atoms with Crippen LogP contribution in [0.5, 0.6) is 0 Å². The zero-order chi connectivity index (χ0) is 12.4. The number of hydrogen-bond acceptors (Lipinski definition) is 7. The maximum atomic E-state index is 6.03. The van der Waals surface area contributed by atoms with Crippen molar-refractivity contribution in [2.24, 2.45) is 5.73 Å². The average molecular weight is 247 g/mol. The molecule has 3 rings (SSSR count). The molecule has 0 aliphatic carbocycles. The second kappa shape index (κ2) is 4.79. The summed E-state index contributed by atoms with van der Waals surface area (Å²) in [6, 6.07) is 1.73. The summed E-state index contributed by atoms with van der Waals surface area (Å²) in [7, 11) is 0. The summed E-state index contributed by atoms with van der Waals surface area (Å²) in [6.45, 7) is 1.21. The lowest BCUT2D eigenvalue weighted by Crippen LogP contribution is -2.37. The van der Waals surface area contributed by atoms with Crippen LogP contribution in [0.15, 0.2) is 23.1 Å². The molecule has 94 valence electrons. The van der Waals surface area contributed by atoms with Crippen LogP contribution in [0.4, 0.5) is 0 Å². The molecule has 0 aromatic carbocycles. The predicted octanol–water partition coefficient (Wildman–Crippen LogP) is 0.358. The smallest absolute Gasteiger partial charge is 0.234 e. The molecule has 7 nitrogen and oxygen atoms in total. The highest BCUT2D eigenvalue weighted by Crippen LogP contribution is 2.24. The minimum Gasteiger partial charge on any atom is -0.381 e. The Morgan fingerprint density at radius 1 is 1.39 bits per heavy atom. The van der Waals surface area contributed by atoms with E-state index in [1.165, 1.54) is 6.33 Å². The third-order valence-corrected chi connectivity index (χ3v) is 2.98. The van der Waals surface area contributed by atoms with E-state index in [1.54, 1.807) is 12.3 Å². The van der Waals surface area contributed by atoms with Gasteiger partial charge in [0.05, 0.1) is 12.5 Å². The van der Waals surface area contributed by atoms with E-state index in [9.17, 15) is 0 Å². The van der Waals surface area contributed by atoms with Crippen LogP contribution < -0.4 is 5.73 Å². The number of hydrogen-bond donors (Lipinski definition) is 1. The highest BCUT2D eigenvalue weighted by Gasteiger charge is 2.29. The van der Waals surface area contributed by atoms with E-state index in [1.807, 2.05) is 0 Å². The fourth-order valence-electron chi connectivity index (χ4n) is 1.92. The maximum absolute atomic E-state index is 6.03. The Kier molecular flexibility index (Phi) is 2.99. The Morgan fingerprint density at radius 3 is 3.11 bits per heavy atom. The van der Waals surface area contributed by atoms with E-state index in [4.69, 9.17) is 15.0 Å². The first kappa shape index (κ1) is 11.2. The van der Waals surface area contributed by atoms with Gasteiger partial charge in [-0.25, -0.2) is 9.97 Å². The van der Waals surface area contributed by atoms with Gasteiger partial charge in [0.25, 0.3) is 0 Å².